The van der Waals surface area contributed by atoms with Gasteiger partial charge in [0, 0.05) is 18.1 Å². The molecular weight excluding hydrogens is 200 g/mol. The number of aliphatic hydroxyl groups excluding tert-OH is 1. The van der Waals surface area contributed by atoms with Crippen molar-refractivity contribution < 1.29 is 5.11 Å². The van der Waals surface area contributed by atoms with Crippen molar-refractivity contribution in [3.05, 3.63) is 0 Å². The molecule has 4 unspecified atom stereocenters. The molecule has 1 aliphatic carbocycles. The second kappa shape index (κ2) is 6.58. The van der Waals surface area contributed by atoms with E-state index in [2.05, 4.69) is 25.8 Å². The van der Waals surface area contributed by atoms with Crippen molar-refractivity contribution in [1.29, 1.82) is 0 Å². The zero-order valence-corrected chi connectivity index (χ0v) is 11.0. The van der Waals surface area contributed by atoms with Crippen molar-refractivity contribution >= 4 is 0 Å². The number of hydrogen-bond acceptors (Lipinski definition) is 3. The molecule has 0 aromatic rings. The van der Waals surface area contributed by atoms with E-state index in [4.69, 9.17) is 5.73 Å². The summed E-state index contributed by atoms with van der Waals surface area (Å²) in [5, 5.41) is 9.49. The van der Waals surface area contributed by atoms with Crippen LogP contribution < -0.4 is 5.73 Å². The summed E-state index contributed by atoms with van der Waals surface area (Å²) in [5.41, 5.74) is 6.08. The lowest BCUT2D eigenvalue weighted by Gasteiger charge is -2.42. The fourth-order valence-electron chi connectivity index (χ4n) is 2.99. The van der Waals surface area contributed by atoms with Gasteiger partial charge in [-0.05, 0) is 32.2 Å². The molecule has 96 valence electrons. The van der Waals surface area contributed by atoms with Crippen molar-refractivity contribution in [2.24, 2.45) is 11.7 Å². The van der Waals surface area contributed by atoms with Crippen LogP contribution in [0.3, 0.4) is 0 Å². The van der Waals surface area contributed by atoms with Crippen molar-refractivity contribution in [1.82, 2.24) is 4.90 Å². The Morgan fingerprint density at radius 1 is 1.38 bits per heavy atom. The first-order chi connectivity index (χ1) is 7.61. The number of hydrogen-bond donors (Lipinski definition) is 2. The van der Waals surface area contributed by atoms with Gasteiger partial charge in [-0.15, -0.1) is 0 Å². The van der Waals surface area contributed by atoms with Gasteiger partial charge in [-0.1, -0.05) is 26.7 Å². The molecule has 0 amide bonds. The van der Waals surface area contributed by atoms with Crippen LogP contribution >= 0.6 is 0 Å². The average Bonchev–Trinajstić information content (AvgIpc) is 2.30. The largest absolute Gasteiger partial charge is 0.395 e. The molecule has 0 radical (unpaired) electrons. The third-order valence-electron chi connectivity index (χ3n) is 4.27. The molecule has 0 aromatic heterocycles. The Morgan fingerprint density at radius 2 is 2.00 bits per heavy atom. The summed E-state index contributed by atoms with van der Waals surface area (Å²) < 4.78 is 0. The summed E-state index contributed by atoms with van der Waals surface area (Å²) in [6.45, 7) is 4.59. The standard InChI is InChI=1S/C13H28N2O/c1-4-11(14)13(9-16)15(3)12-8-6-5-7-10(12)2/h10-13,16H,4-9,14H2,1-3H3. The van der Waals surface area contributed by atoms with Crippen LogP contribution in [0, 0.1) is 5.92 Å². The number of rotatable bonds is 5. The lowest BCUT2D eigenvalue weighted by atomic mass is 9.84. The predicted octanol–water partition coefficient (Wildman–Crippen LogP) is 1.60. The van der Waals surface area contributed by atoms with Gasteiger partial charge in [-0.25, -0.2) is 0 Å². The van der Waals surface area contributed by atoms with Gasteiger partial charge in [-0.2, -0.15) is 0 Å². The zero-order valence-electron chi connectivity index (χ0n) is 11.0. The first-order valence-electron chi connectivity index (χ1n) is 6.70. The van der Waals surface area contributed by atoms with Gasteiger partial charge < -0.3 is 10.8 Å². The molecule has 3 heteroatoms. The molecule has 3 N–H and O–H groups in total. The number of nitrogens with zero attached hydrogens (tertiary/aromatic N) is 1. The van der Waals surface area contributed by atoms with Gasteiger partial charge in [0.15, 0.2) is 0 Å². The summed E-state index contributed by atoms with van der Waals surface area (Å²) in [6.07, 6.45) is 6.17. The third-order valence-corrected chi connectivity index (χ3v) is 4.27. The molecule has 0 bridgehead atoms. The maximum Gasteiger partial charge on any atom is 0.0601 e. The minimum atomic E-state index is 0.0872. The highest BCUT2D eigenvalue weighted by Gasteiger charge is 2.31. The maximum atomic E-state index is 9.49. The highest BCUT2D eigenvalue weighted by molar-refractivity contribution is 4.87. The summed E-state index contributed by atoms with van der Waals surface area (Å²) in [5.74, 6) is 0.733. The highest BCUT2D eigenvalue weighted by Crippen LogP contribution is 2.28. The molecule has 1 saturated carbocycles. The quantitative estimate of drug-likeness (QED) is 0.751. The van der Waals surface area contributed by atoms with Crippen molar-refractivity contribution in [3.63, 3.8) is 0 Å². The smallest absolute Gasteiger partial charge is 0.0601 e. The molecule has 16 heavy (non-hydrogen) atoms. The molecule has 1 aliphatic rings. The van der Waals surface area contributed by atoms with Crippen LogP contribution in [0.2, 0.25) is 0 Å². The van der Waals surface area contributed by atoms with Crippen LogP contribution in [0.1, 0.15) is 46.0 Å². The van der Waals surface area contributed by atoms with E-state index in [9.17, 15) is 5.11 Å². The minimum Gasteiger partial charge on any atom is -0.395 e. The van der Waals surface area contributed by atoms with Crippen LogP contribution in [-0.2, 0) is 0 Å². The van der Waals surface area contributed by atoms with Crippen molar-refractivity contribution in [2.45, 2.75) is 64.1 Å². The lowest BCUT2D eigenvalue weighted by Crippen LogP contribution is -2.54. The molecule has 4 atom stereocenters. The van der Waals surface area contributed by atoms with E-state index in [-0.39, 0.29) is 18.7 Å². The summed E-state index contributed by atoms with van der Waals surface area (Å²) in [7, 11) is 2.13. The maximum absolute atomic E-state index is 9.49. The van der Waals surface area contributed by atoms with E-state index in [0.717, 1.165) is 12.3 Å². The number of aliphatic hydroxyl groups is 1. The zero-order chi connectivity index (χ0) is 12.1. The van der Waals surface area contributed by atoms with Crippen LogP contribution in [0.25, 0.3) is 0 Å². The van der Waals surface area contributed by atoms with E-state index in [1.807, 2.05) is 0 Å². The Balaban J connectivity index is 2.61. The van der Waals surface area contributed by atoms with Crippen LogP contribution in [-0.4, -0.2) is 41.8 Å². The van der Waals surface area contributed by atoms with E-state index >= 15 is 0 Å². The van der Waals surface area contributed by atoms with Gasteiger partial charge in [0.05, 0.1) is 6.61 Å². The molecule has 0 aliphatic heterocycles. The average molecular weight is 228 g/mol. The molecule has 1 rings (SSSR count). The van der Waals surface area contributed by atoms with Gasteiger partial charge in [0.2, 0.25) is 0 Å². The van der Waals surface area contributed by atoms with Gasteiger partial charge in [0.1, 0.15) is 0 Å². The lowest BCUT2D eigenvalue weighted by molar-refractivity contribution is 0.0495. The Hall–Kier alpha value is -0.120. The second-order valence-electron chi connectivity index (χ2n) is 5.32. The Labute approximate surface area is 100 Å². The number of likely N-dealkylation sites (N-methyl/N-ethyl adjacent to an activating group) is 1. The third kappa shape index (κ3) is 3.19. The second-order valence-corrected chi connectivity index (χ2v) is 5.32. The van der Waals surface area contributed by atoms with Crippen molar-refractivity contribution in [3.8, 4) is 0 Å². The summed E-state index contributed by atoms with van der Waals surface area (Å²) in [6, 6.07) is 0.808. The van der Waals surface area contributed by atoms with Gasteiger partial charge in [-0.3, -0.25) is 4.90 Å². The molecule has 3 nitrogen and oxygen atoms in total. The van der Waals surface area contributed by atoms with Crippen molar-refractivity contribution in [2.75, 3.05) is 13.7 Å². The first kappa shape index (κ1) is 13.9. The van der Waals surface area contributed by atoms with Crippen LogP contribution in [0.4, 0.5) is 0 Å². The summed E-state index contributed by atoms with van der Waals surface area (Å²) >= 11 is 0. The molecule has 1 fully saturated rings. The SMILES string of the molecule is CCC(N)C(CO)N(C)C1CCCCC1C. The van der Waals surface area contributed by atoms with Gasteiger partial charge in [0.25, 0.3) is 0 Å². The predicted molar refractivity (Wildman–Crippen MR) is 68.3 cm³/mol. The Bertz CT molecular complexity index is 192. The monoisotopic (exact) mass is 228 g/mol. The van der Waals surface area contributed by atoms with Crippen LogP contribution in [0.5, 0.6) is 0 Å². The molecular formula is C13H28N2O. The molecule has 0 aromatic carbocycles. The van der Waals surface area contributed by atoms with E-state index in [0.29, 0.717) is 6.04 Å². The van der Waals surface area contributed by atoms with Gasteiger partial charge >= 0.3 is 0 Å². The Kier molecular flexibility index (Phi) is 5.73. The molecule has 0 spiro atoms. The number of nitrogens with two attached hydrogens (primary N) is 1. The van der Waals surface area contributed by atoms with E-state index in [1.54, 1.807) is 0 Å². The molecule has 0 saturated heterocycles. The first-order valence-corrected chi connectivity index (χ1v) is 6.70. The topological polar surface area (TPSA) is 49.5 Å². The fraction of sp³-hybridized carbons (Fsp3) is 1.00. The Morgan fingerprint density at radius 3 is 2.50 bits per heavy atom. The van der Waals surface area contributed by atoms with E-state index < -0.39 is 0 Å². The fourth-order valence-corrected chi connectivity index (χ4v) is 2.99. The normalized spacial score (nSPS) is 30.4. The van der Waals surface area contributed by atoms with E-state index in [1.165, 1.54) is 25.7 Å². The highest BCUT2D eigenvalue weighted by atomic mass is 16.3. The minimum absolute atomic E-state index is 0.0872. The molecule has 0 heterocycles. The summed E-state index contributed by atoms with van der Waals surface area (Å²) in [4.78, 5) is 2.33. The van der Waals surface area contributed by atoms with Crippen LogP contribution in [0.15, 0.2) is 0 Å².